The number of nitriles is 1. The molecule has 1 aliphatic rings. The lowest BCUT2D eigenvalue weighted by Crippen LogP contribution is -2.22. The number of nitrogens with zero attached hydrogens (tertiary/aromatic N) is 4. The van der Waals surface area contributed by atoms with Gasteiger partial charge in [0.15, 0.2) is 0 Å². The molecule has 0 aromatic carbocycles. The Morgan fingerprint density at radius 2 is 2.25 bits per heavy atom. The molecule has 5 heteroatoms. The lowest BCUT2D eigenvalue weighted by atomic mass is 9.88. The highest BCUT2D eigenvalue weighted by atomic mass is 16.3. The van der Waals surface area contributed by atoms with Crippen LogP contribution in [0.1, 0.15) is 31.4 Å². The van der Waals surface area contributed by atoms with Gasteiger partial charge in [0.05, 0.1) is 23.7 Å². The van der Waals surface area contributed by atoms with Crippen LogP contribution in [0.25, 0.3) is 0 Å². The fourth-order valence-electron chi connectivity index (χ4n) is 2.31. The molecule has 0 radical (unpaired) electrons. The molecule has 1 aromatic rings. The molecule has 1 saturated carbocycles. The van der Waals surface area contributed by atoms with E-state index in [9.17, 15) is 5.26 Å². The third-order valence-corrected chi connectivity index (χ3v) is 3.22. The van der Waals surface area contributed by atoms with Crippen LogP contribution in [0.4, 0.5) is 0 Å². The molecule has 1 aromatic heterocycles. The molecule has 0 spiro atoms. The molecule has 0 saturated heterocycles. The van der Waals surface area contributed by atoms with Gasteiger partial charge in [0.25, 0.3) is 0 Å². The number of aliphatic hydroxyl groups excluding tert-OH is 1. The SMILES string of the molecule is N#CC1(Cn2cc(CCO)nn2)CCCC1. The maximum atomic E-state index is 9.24. The predicted octanol–water partition coefficient (Wildman–Crippen LogP) is 0.897. The molecular weight excluding hydrogens is 204 g/mol. The topological polar surface area (TPSA) is 74.7 Å². The van der Waals surface area contributed by atoms with Crippen molar-refractivity contribution in [3.05, 3.63) is 11.9 Å². The van der Waals surface area contributed by atoms with Crippen LogP contribution in [0.3, 0.4) is 0 Å². The monoisotopic (exact) mass is 220 g/mol. The van der Waals surface area contributed by atoms with E-state index in [4.69, 9.17) is 5.11 Å². The Balaban J connectivity index is 2.05. The van der Waals surface area contributed by atoms with E-state index >= 15 is 0 Å². The molecule has 1 N–H and O–H groups in total. The van der Waals surface area contributed by atoms with Gasteiger partial charge in [0.2, 0.25) is 0 Å². The van der Waals surface area contributed by atoms with Crippen LogP contribution in [0.2, 0.25) is 0 Å². The number of aromatic nitrogens is 3. The van der Waals surface area contributed by atoms with Gasteiger partial charge >= 0.3 is 0 Å². The van der Waals surface area contributed by atoms with Crippen molar-refractivity contribution in [2.75, 3.05) is 6.61 Å². The molecule has 0 atom stereocenters. The first-order valence-electron chi connectivity index (χ1n) is 5.69. The maximum absolute atomic E-state index is 9.24. The number of hydrogen-bond donors (Lipinski definition) is 1. The van der Waals surface area contributed by atoms with E-state index in [1.807, 2.05) is 6.20 Å². The average molecular weight is 220 g/mol. The van der Waals surface area contributed by atoms with Crippen LogP contribution in [0.15, 0.2) is 6.20 Å². The third kappa shape index (κ3) is 2.22. The van der Waals surface area contributed by atoms with Gasteiger partial charge in [-0.2, -0.15) is 5.26 Å². The summed E-state index contributed by atoms with van der Waals surface area (Å²) in [6.45, 7) is 0.712. The molecule has 1 heterocycles. The van der Waals surface area contributed by atoms with Gasteiger partial charge < -0.3 is 5.11 Å². The summed E-state index contributed by atoms with van der Waals surface area (Å²) in [6.07, 6.45) is 6.53. The van der Waals surface area contributed by atoms with Gasteiger partial charge in [0.1, 0.15) is 0 Å². The Morgan fingerprint density at radius 1 is 1.50 bits per heavy atom. The summed E-state index contributed by atoms with van der Waals surface area (Å²) in [7, 11) is 0. The van der Waals surface area contributed by atoms with Crippen LogP contribution in [0, 0.1) is 16.7 Å². The molecule has 86 valence electrons. The molecule has 16 heavy (non-hydrogen) atoms. The third-order valence-electron chi connectivity index (χ3n) is 3.22. The summed E-state index contributed by atoms with van der Waals surface area (Å²) < 4.78 is 1.74. The largest absolute Gasteiger partial charge is 0.396 e. The first-order valence-corrected chi connectivity index (χ1v) is 5.69. The summed E-state index contributed by atoms with van der Waals surface area (Å²) in [5, 5.41) is 26.0. The summed E-state index contributed by atoms with van der Waals surface area (Å²) in [5.41, 5.74) is 0.540. The molecule has 5 nitrogen and oxygen atoms in total. The lowest BCUT2D eigenvalue weighted by molar-refractivity contribution is 0.298. The molecule has 0 amide bonds. The molecule has 1 aliphatic carbocycles. The number of aliphatic hydroxyl groups is 1. The fourth-order valence-corrected chi connectivity index (χ4v) is 2.31. The zero-order valence-corrected chi connectivity index (χ0v) is 9.26. The second-order valence-corrected chi connectivity index (χ2v) is 4.48. The van der Waals surface area contributed by atoms with Crippen molar-refractivity contribution < 1.29 is 5.11 Å². The minimum Gasteiger partial charge on any atom is -0.396 e. The van der Waals surface area contributed by atoms with Crippen molar-refractivity contribution in [3.63, 3.8) is 0 Å². The van der Waals surface area contributed by atoms with Crippen molar-refractivity contribution >= 4 is 0 Å². The summed E-state index contributed by atoms with van der Waals surface area (Å²) in [5.74, 6) is 0. The van der Waals surface area contributed by atoms with Crippen molar-refractivity contribution in [1.82, 2.24) is 15.0 Å². The van der Waals surface area contributed by atoms with Crippen molar-refractivity contribution in [3.8, 4) is 6.07 Å². The van der Waals surface area contributed by atoms with Gasteiger partial charge in [-0.15, -0.1) is 5.10 Å². The van der Waals surface area contributed by atoms with E-state index in [0.717, 1.165) is 31.4 Å². The first kappa shape index (κ1) is 11.1. The Morgan fingerprint density at radius 3 is 2.88 bits per heavy atom. The van der Waals surface area contributed by atoms with Gasteiger partial charge in [0, 0.05) is 19.2 Å². The normalized spacial score (nSPS) is 18.5. The smallest absolute Gasteiger partial charge is 0.0849 e. The molecule has 0 aliphatic heterocycles. The molecule has 1 fully saturated rings. The van der Waals surface area contributed by atoms with Crippen LogP contribution < -0.4 is 0 Å². The van der Waals surface area contributed by atoms with E-state index in [1.165, 1.54) is 0 Å². The highest BCUT2D eigenvalue weighted by Crippen LogP contribution is 2.38. The second kappa shape index (κ2) is 4.62. The van der Waals surface area contributed by atoms with Crippen LogP contribution in [-0.2, 0) is 13.0 Å². The minimum atomic E-state index is -0.246. The molecule has 0 unspecified atom stereocenters. The average Bonchev–Trinajstić information content (AvgIpc) is 2.90. The van der Waals surface area contributed by atoms with Gasteiger partial charge in [-0.1, -0.05) is 18.1 Å². The summed E-state index contributed by atoms with van der Waals surface area (Å²) >= 11 is 0. The van der Waals surface area contributed by atoms with Crippen molar-refractivity contribution in [1.29, 1.82) is 5.26 Å². The zero-order chi connectivity index (χ0) is 11.4. The van der Waals surface area contributed by atoms with E-state index in [1.54, 1.807) is 4.68 Å². The van der Waals surface area contributed by atoms with Crippen molar-refractivity contribution in [2.24, 2.45) is 5.41 Å². The van der Waals surface area contributed by atoms with Crippen LogP contribution in [0.5, 0.6) is 0 Å². The fraction of sp³-hybridized carbons (Fsp3) is 0.727. The highest BCUT2D eigenvalue weighted by molar-refractivity contribution is 5.03. The maximum Gasteiger partial charge on any atom is 0.0849 e. The molecular formula is C11H16N4O. The summed E-state index contributed by atoms with van der Waals surface area (Å²) in [6, 6.07) is 2.43. The predicted molar refractivity (Wildman–Crippen MR) is 57.3 cm³/mol. The van der Waals surface area contributed by atoms with E-state index < -0.39 is 0 Å². The Kier molecular flexibility index (Phi) is 3.20. The quantitative estimate of drug-likeness (QED) is 0.818. The first-order chi connectivity index (χ1) is 7.78. The Bertz CT molecular complexity index is 387. The second-order valence-electron chi connectivity index (χ2n) is 4.48. The van der Waals surface area contributed by atoms with E-state index in [-0.39, 0.29) is 12.0 Å². The standard InChI is InChI=1S/C11H16N4O/c12-8-11(4-1-2-5-11)9-15-7-10(3-6-16)13-14-15/h7,16H,1-6,9H2. The summed E-state index contributed by atoms with van der Waals surface area (Å²) in [4.78, 5) is 0. The Labute approximate surface area is 94.7 Å². The Hall–Kier alpha value is -1.41. The van der Waals surface area contributed by atoms with E-state index in [2.05, 4.69) is 16.4 Å². The molecule has 2 rings (SSSR count). The lowest BCUT2D eigenvalue weighted by Gasteiger charge is -2.18. The highest BCUT2D eigenvalue weighted by Gasteiger charge is 2.34. The van der Waals surface area contributed by atoms with Crippen molar-refractivity contribution in [2.45, 2.75) is 38.6 Å². The van der Waals surface area contributed by atoms with Crippen LogP contribution in [-0.4, -0.2) is 26.7 Å². The van der Waals surface area contributed by atoms with Gasteiger partial charge in [-0.3, -0.25) is 4.68 Å². The van der Waals surface area contributed by atoms with Crippen LogP contribution >= 0.6 is 0 Å². The van der Waals surface area contributed by atoms with Gasteiger partial charge in [-0.05, 0) is 12.8 Å². The minimum absolute atomic E-state index is 0.0854. The zero-order valence-electron chi connectivity index (χ0n) is 9.26. The number of rotatable bonds is 4. The number of hydrogen-bond acceptors (Lipinski definition) is 4. The van der Waals surface area contributed by atoms with Gasteiger partial charge in [-0.25, -0.2) is 0 Å². The molecule has 0 bridgehead atoms. The van der Waals surface area contributed by atoms with E-state index in [0.29, 0.717) is 13.0 Å².